The minimum atomic E-state index is -0.106. The predicted molar refractivity (Wildman–Crippen MR) is 91.4 cm³/mol. The normalized spacial score (nSPS) is 11.9. The molecule has 0 radical (unpaired) electrons. The summed E-state index contributed by atoms with van der Waals surface area (Å²) in [4.78, 5) is 20.0. The van der Waals surface area contributed by atoms with Crippen molar-refractivity contribution in [2.45, 2.75) is 13.8 Å². The van der Waals surface area contributed by atoms with E-state index >= 15 is 0 Å². The zero-order chi connectivity index (χ0) is 16.8. The highest BCUT2D eigenvalue weighted by Crippen LogP contribution is 2.21. The van der Waals surface area contributed by atoms with E-state index in [2.05, 4.69) is 9.98 Å². The molecule has 6 nitrogen and oxygen atoms in total. The lowest BCUT2D eigenvalue weighted by Crippen LogP contribution is -2.09. The molecule has 0 bridgehead atoms. The molecular formula is C17H18N4O2. The van der Waals surface area contributed by atoms with Crippen molar-refractivity contribution in [1.29, 1.82) is 5.41 Å². The zero-order valence-electron chi connectivity index (χ0n) is 13.0. The Bertz CT molecular complexity index is 809. The molecule has 1 heterocycles. The van der Waals surface area contributed by atoms with Gasteiger partial charge in [-0.25, -0.2) is 4.98 Å². The highest BCUT2D eigenvalue weighted by molar-refractivity contribution is 6.06. The molecule has 0 atom stereocenters. The number of rotatable bonds is 5. The maximum atomic E-state index is 11.6. The minimum Gasteiger partial charge on any atom is -0.421 e. The Kier molecular flexibility index (Phi) is 5.32. The molecule has 2 aromatic rings. The number of fused-ring (bicyclic) bond motifs is 1. The molecule has 2 rings (SSSR count). The van der Waals surface area contributed by atoms with E-state index in [1.807, 2.05) is 0 Å². The van der Waals surface area contributed by atoms with Crippen LogP contribution in [0.15, 0.2) is 47.1 Å². The fraction of sp³-hybridized carbons (Fsp3) is 0.176. The maximum absolute atomic E-state index is 11.6. The number of pyridine rings is 1. The van der Waals surface area contributed by atoms with Crippen molar-refractivity contribution in [3.05, 3.63) is 47.7 Å². The summed E-state index contributed by atoms with van der Waals surface area (Å²) in [6.45, 7) is 3.50. The number of ketones is 1. The van der Waals surface area contributed by atoms with Gasteiger partial charge in [0.15, 0.2) is 5.78 Å². The highest BCUT2D eigenvalue weighted by Gasteiger charge is 2.08. The van der Waals surface area contributed by atoms with Gasteiger partial charge in [-0.3, -0.25) is 15.2 Å². The summed E-state index contributed by atoms with van der Waals surface area (Å²) < 4.78 is 5.38. The first-order chi connectivity index (χ1) is 11.0. The lowest BCUT2D eigenvalue weighted by molar-refractivity contribution is 0.101. The van der Waals surface area contributed by atoms with E-state index in [-0.39, 0.29) is 24.1 Å². The van der Waals surface area contributed by atoms with Gasteiger partial charge in [0.25, 0.3) is 0 Å². The number of carbonyl (C=O) groups excluding carboxylic acids is 1. The zero-order valence-corrected chi connectivity index (χ0v) is 13.0. The van der Waals surface area contributed by atoms with E-state index in [4.69, 9.17) is 15.9 Å². The molecule has 3 N–H and O–H groups in total. The van der Waals surface area contributed by atoms with Crippen LogP contribution < -0.4 is 10.5 Å². The van der Waals surface area contributed by atoms with Crippen LogP contribution in [0.2, 0.25) is 0 Å². The van der Waals surface area contributed by atoms with Crippen LogP contribution in [0, 0.1) is 5.41 Å². The SMILES string of the molecule is C/C=N\C(=C/C(=N)Oc1ccc2c(C(C)=O)cccc2n1)CN. The molecule has 0 fully saturated rings. The summed E-state index contributed by atoms with van der Waals surface area (Å²) in [5.41, 5.74) is 7.32. The second-order valence-corrected chi connectivity index (χ2v) is 4.77. The third kappa shape index (κ3) is 4.08. The molecule has 0 spiro atoms. The molecule has 0 saturated heterocycles. The summed E-state index contributed by atoms with van der Waals surface area (Å²) >= 11 is 0. The second-order valence-electron chi connectivity index (χ2n) is 4.77. The van der Waals surface area contributed by atoms with E-state index in [1.54, 1.807) is 43.5 Å². The first kappa shape index (κ1) is 16.5. The molecule has 0 saturated carbocycles. The van der Waals surface area contributed by atoms with Gasteiger partial charge in [0.2, 0.25) is 11.8 Å². The maximum Gasteiger partial charge on any atom is 0.221 e. The number of Topliss-reactive ketones (excluding diaryl/α,β-unsaturated/α-hetero) is 1. The van der Waals surface area contributed by atoms with Gasteiger partial charge in [-0.15, -0.1) is 0 Å². The Morgan fingerprint density at radius 1 is 1.39 bits per heavy atom. The van der Waals surface area contributed by atoms with Crippen LogP contribution >= 0.6 is 0 Å². The number of nitrogens with two attached hydrogens (primary N) is 1. The third-order valence-corrected chi connectivity index (χ3v) is 3.10. The van der Waals surface area contributed by atoms with Crippen LogP contribution in [0.3, 0.4) is 0 Å². The first-order valence-electron chi connectivity index (χ1n) is 7.11. The largest absolute Gasteiger partial charge is 0.421 e. The highest BCUT2D eigenvalue weighted by atomic mass is 16.5. The Morgan fingerprint density at radius 2 is 2.17 bits per heavy atom. The fourth-order valence-corrected chi connectivity index (χ4v) is 2.11. The average molecular weight is 310 g/mol. The number of aromatic nitrogens is 1. The molecule has 0 unspecified atom stereocenters. The van der Waals surface area contributed by atoms with Crippen LogP contribution in [-0.2, 0) is 0 Å². The van der Waals surface area contributed by atoms with E-state index in [1.165, 1.54) is 13.0 Å². The molecule has 6 heteroatoms. The topological polar surface area (TPSA) is 101 Å². The average Bonchev–Trinajstić information content (AvgIpc) is 2.53. The number of ether oxygens (including phenoxy) is 1. The smallest absolute Gasteiger partial charge is 0.221 e. The van der Waals surface area contributed by atoms with Crippen molar-refractivity contribution >= 4 is 28.8 Å². The Morgan fingerprint density at radius 3 is 2.83 bits per heavy atom. The van der Waals surface area contributed by atoms with Crippen molar-refractivity contribution in [1.82, 2.24) is 4.98 Å². The van der Waals surface area contributed by atoms with Crippen LogP contribution in [0.5, 0.6) is 5.88 Å². The van der Waals surface area contributed by atoms with E-state index in [0.717, 1.165) is 5.39 Å². The summed E-state index contributed by atoms with van der Waals surface area (Å²) in [6.07, 6.45) is 3.04. The molecule has 118 valence electrons. The minimum absolute atomic E-state index is 0.0215. The van der Waals surface area contributed by atoms with Crippen molar-refractivity contribution in [3.8, 4) is 5.88 Å². The number of aliphatic imine (C=N–C) groups is 1. The molecule has 0 amide bonds. The van der Waals surface area contributed by atoms with Crippen LogP contribution in [-0.4, -0.2) is 29.4 Å². The molecular weight excluding hydrogens is 292 g/mol. The van der Waals surface area contributed by atoms with E-state index in [9.17, 15) is 4.79 Å². The van der Waals surface area contributed by atoms with E-state index in [0.29, 0.717) is 16.8 Å². The Balaban J connectivity index is 2.28. The molecule has 1 aromatic heterocycles. The van der Waals surface area contributed by atoms with Gasteiger partial charge >= 0.3 is 0 Å². The molecule has 0 aliphatic carbocycles. The van der Waals surface area contributed by atoms with Gasteiger partial charge in [0.05, 0.1) is 11.2 Å². The lowest BCUT2D eigenvalue weighted by Gasteiger charge is -2.07. The van der Waals surface area contributed by atoms with Gasteiger partial charge < -0.3 is 10.5 Å². The van der Waals surface area contributed by atoms with Crippen molar-refractivity contribution in [2.24, 2.45) is 10.7 Å². The predicted octanol–water partition coefficient (Wildman–Crippen LogP) is 2.73. The van der Waals surface area contributed by atoms with Crippen molar-refractivity contribution in [2.75, 3.05) is 6.54 Å². The Hall–Kier alpha value is -2.86. The van der Waals surface area contributed by atoms with Gasteiger partial charge in [0, 0.05) is 35.9 Å². The quantitative estimate of drug-likeness (QED) is 0.503. The summed E-state index contributed by atoms with van der Waals surface area (Å²) in [5, 5.41) is 8.59. The van der Waals surface area contributed by atoms with Crippen LogP contribution in [0.1, 0.15) is 24.2 Å². The number of carbonyl (C=O) groups is 1. The number of nitrogens with zero attached hydrogens (tertiary/aromatic N) is 2. The van der Waals surface area contributed by atoms with Gasteiger partial charge in [-0.1, -0.05) is 12.1 Å². The van der Waals surface area contributed by atoms with Gasteiger partial charge in [0.1, 0.15) is 0 Å². The lowest BCUT2D eigenvalue weighted by atomic mass is 10.1. The van der Waals surface area contributed by atoms with Crippen LogP contribution in [0.4, 0.5) is 0 Å². The number of hydrogen-bond acceptors (Lipinski definition) is 6. The fourth-order valence-electron chi connectivity index (χ4n) is 2.11. The summed E-state index contributed by atoms with van der Waals surface area (Å²) in [5.74, 6) is 0.147. The van der Waals surface area contributed by atoms with E-state index < -0.39 is 0 Å². The van der Waals surface area contributed by atoms with Gasteiger partial charge in [-0.05, 0) is 26.0 Å². The van der Waals surface area contributed by atoms with Crippen molar-refractivity contribution < 1.29 is 9.53 Å². The molecule has 0 aliphatic heterocycles. The molecule has 23 heavy (non-hydrogen) atoms. The number of hydrogen-bond donors (Lipinski definition) is 2. The van der Waals surface area contributed by atoms with Crippen LogP contribution in [0.25, 0.3) is 10.9 Å². The van der Waals surface area contributed by atoms with Gasteiger partial charge in [-0.2, -0.15) is 0 Å². The second kappa shape index (κ2) is 7.42. The molecule has 0 aliphatic rings. The summed E-state index contributed by atoms with van der Waals surface area (Å²) in [6, 6.07) is 8.71. The number of benzene rings is 1. The monoisotopic (exact) mass is 310 g/mol. The first-order valence-corrected chi connectivity index (χ1v) is 7.11. The summed E-state index contributed by atoms with van der Waals surface area (Å²) in [7, 11) is 0. The standard InChI is InChI=1S/C17H18N4O2/c1-3-20-12(10-18)9-16(19)23-17-8-7-14-13(11(2)22)5-4-6-15(14)21-17/h3-9,19H,10,18H2,1-2H3/b12-9-,19-16?,20-3-. The number of nitrogens with one attached hydrogen (secondary N) is 1. The van der Waals surface area contributed by atoms with Crippen molar-refractivity contribution in [3.63, 3.8) is 0 Å². The third-order valence-electron chi connectivity index (χ3n) is 3.10. The Labute approximate surface area is 134 Å². The molecule has 1 aromatic carbocycles.